The third kappa shape index (κ3) is 2.79. The van der Waals surface area contributed by atoms with Crippen LogP contribution in [-0.4, -0.2) is 17.3 Å². The highest BCUT2D eigenvalue weighted by atomic mass is 16.5. The number of rotatable bonds is 3. The lowest BCUT2D eigenvalue weighted by Crippen LogP contribution is -2.25. The summed E-state index contributed by atoms with van der Waals surface area (Å²) in [6.45, 7) is 0. The van der Waals surface area contributed by atoms with E-state index in [1.54, 1.807) is 0 Å². The standard InChI is InChI=1S/C17H18O2/c18-16-7-4-8-17(16)19-15-11-9-14(10-12-15)13-5-2-1-3-6-13/h1-3,5-6,9-12,16-18H,4,7-8H2/t16-,17-/m1/s1. The zero-order valence-electron chi connectivity index (χ0n) is 10.8. The fraction of sp³-hybridized carbons (Fsp3) is 0.294. The number of ether oxygens (including phenoxy) is 1. The third-order valence-electron chi connectivity index (χ3n) is 3.67. The highest BCUT2D eigenvalue weighted by Gasteiger charge is 2.26. The van der Waals surface area contributed by atoms with Gasteiger partial charge in [0.05, 0.1) is 6.10 Å². The van der Waals surface area contributed by atoms with E-state index in [1.807, 2.05) is 30.3 Å². The molecule has 0 unspecified atom stereocenters. The van der Waals surface area contributed by atoms with E-state index in [9.17, 15) is 5.11 Å². The molecule has 0 heterocycles. The quantitative estimate of drug-likeness (QED) is 0.906. The van der Waals surface area contributed by atoms with Crippen LogP contribution < -0.4 is 4.74 Å². The first-order valence-electron chi connectivity index (χ1n) is 6.83. The molecule has 1 saturated carbocycles. The lowest BCUT2D eigenvalue weighted by molar-refractivity contribution is 0.0604. The summed E-state index contributed by atoms with van der Waals surface area (Å²) >= 11 is 0. The monoisotopic (exact) mass is 254 g/mol. The Hall–Kier alpha value is -1.80. The summed E-state index contributed by atoms with van der Waals surface area (Å²) < 4.78 is 5.83. The van der Waals surface area contributed by atoms with Crippen molar-refractivity contribution in [1.29, 1.82) is 0 Å². The average Bonchev–Trinajstić information content (AvgIpc) is 2.86. The van der Waals surface area contributed by atoms with Crippen molar-refractivity contribution in [2.45, 2.75) is 31.5 Å². The lowest BCUT2D eigenvalue weighted by atomic mass is 10.1. The van der Waals surface area contributed by atoms with E-state index in [2.05, 4.69) is 24.3 Å². The highest BCUT2D eigenvalue weighted by Crippen LogP contribution is 2.27. The molecule has 1 N–H and O–H groups in total. The van der Waals surface area contributed by atoms with Gasteiger partial charge in [-0.2, -0.15) is 0 Å². The van der Waals surface area contributed by atoms with Gasteiger partial charge in [0.25, 0.3) is 0 Å². The van der Waals surface area contributed by atoms with Gasteiger partial charge in [0, 0.05) is 0 Å². The molecule has 2 aromatic rings. The van der Waals surface area contributed by atoms with Crippen molar-refractivity contribution in [2.24, 2.45) is 0 Å². The first-order chi connectivity index (χ1) is 9.33. The molecule has 1 aliphatic rings. The summed E-state index contributed by atoms with van der Waals surface area (Å²) in [5.74, 6) is 0.839. The number of aliphatic hydroxyl groups is 1. The van der Waals surface area contributed by atoms with E-state index < -0.39 is 0 Å². The van der Waals surface area contributed by atoms with Gasteiger partial charge in [-0.25, -0.2) is 0 Å². The largest absolute Gasteiger partial charge is 0.488 e. The van der Waals surface area contributed by atoms with Crippen molar-refractivity contribution < 1.29 is 9.84 Å². The first kappa shape index (κ1) is 12.2. The zero-order valence-corrected chi connectivity index (χ0v) is 10.8. The summed E-state index contributed by atoms with van der Waals surface area (Å²) in [4.78, 5) is 0. The molecule has 0 amide bonds. The Labute approximate surface area is 113 Å². The molecule has 3 rings (SSSR count). The Morgan fingerprint density at radius 1 is 0.842 bits per heavy atom. The number of aliphatic hydroxyl groups excluding tert-OH is 1. The van der Waals surface area contributed by atoms with E-state index in [0.717, 1.165) is 25.0 Å². The molecule has 98 valence electrons. The van der Waals surface area contributed by atoms with Crippen molar-refractivity contribution in [3.8, 4) is 16.9 Å². The molecular weight excluding hydrogens is 236 g/mol. The molecule has 0 spiro atoms. The van der Waals surface area contributed by atoms with Gasteiger partial charge >= 0.3 is 0 Å². The van der Waals surface area contributed by atoms with E-state index >= 15 is 0 Å². The molecule has 0 saturated heterocycles. The van der Waals surface area contributed by atoms with Crippen molar-refractivity contribution in [3.63, 3.8) is 0 Å². The normalized spacial score (nSPS) is 22.4. The minimum atomic E-state index is -0.311. The smallest absolute Gasteiger partial charge is 0.124 e. The molecule has 19 heavy (non-hydrogen) atoms. The van der Waals surface area contributed by atoms with Crippen LogP contribution in [0.4, 0.5) is 0 Å². The van der Waals surface area contributed by atoms with Crippen LogP contribution in [0.2, 0.25) is 0 Å². The minimum absolute atomic E-state index is 0.0393. The van der Waals surface area contributed by atoms with Gasteiger partial charge in [0.15, 0.2) is 0 Å². The van der Waals surface area contributed by atoms with Gasteiger partial charge in [0.2, 0.25) is 0 Å². The number of hydrogen-bond donors (Lipinski definition) is 1. The predicted molar refractivity (Wildman–Crippen MR) is 76.2 cm³/mol. The SMILES string of the molecule is O[C@@H]1CCC[C@H]1Oc1ccc(-c2ccccc2)cc1. The Bertz CT molecular complexity index is 519. The van der Waals surface area contributed by atoms with Gasteiger partial charge in [-0.1, -0.05) is 42.5 Å². The van der Waals surface area contributed by atoms with Crippen LogP contribution in [0.5, 0.6) is 5.75 Å². The molecule has 0 aliphatic heterocycles. The van der Waals surface area contributed by atoms with Crippen molar-refractivity contribution in [3.05, 3.63) is 54.6 Å². The Morgan fingerprint density at radius 3 is 2.16 bits per heavy atom. The first-order valence-corrected chi connectivity index (χ1v) is 6.83. The highest BCUT2D eigenvalue weighted by molar-refractivity contribution is 5.63. The maximum Gasteiger partial charge on any atom is 0.124 e. The van der Waals surface area contributed by atoms with Crippen LogP contribution in [0.25, 0.3) is 11.1 Å². The predicted octanol–water partition coefficient (Wildman–Crippen LogP) is 3.65. The van der Waals surface area contributed by atoms with Crippen LogP contribution in [0, 0.1) is 0 Å². The maximum atomic E-state index is 9.76. The Kier molecular flexibility index (Phi) is 3.51. The van der Waals surface area contributed by atoms with Crippen LogP contribution in [-0.2, 0) is 0 Å². The fourth-order valence-electron chi connectivity index (χ4n) is 2.58. The maximum absolute atomic E-state index is 9.76. The molecular formula is C17H18O2. The van der Waals surface area contributed by atoms with Gasteiger partial charge in [-0.15, -0.1) is 0 Å². The number of benzene rings is 2. The molecule has 0 aromatic heterocycles. The molecule has 0 radical (unpaired) electrons. The molecule has 2 nitrogen and oxygen atoms in total. The van der Waals surface area contributed by atoms with E-state index in [4.69, 9.17) is 4.74 Å². The van der Waals surface area contributed by atoms with Gasteiger partial charge in [-0.3, -0.25) is 0 Å². The molecule has 2 atom stereocenters. The summed E-state index contributed by atoms with van der Waals surface area (Å²) in [6, 6.07) is 18.4. The Morgan fingerprint density at radius 2 is 1.53 bits per heavy atom. The second kappa shape index (κ2) is 5.45. The van der Waals surface area contributed by atoms with Crippen LogP contribution >= 0.6 is 0 Å². The van der Waals surface area contributed by atoms with Crippen molar-refractivity contribution >= 4 is 0 Å². The molecule has 2 aromatic carbocycles. The summed E-state index contributed by atoms with van der Waals surface area (Å²) in [6.07, 6.45) is 2.50. The van der Waals surface area contributed by atoms with Crippen LogP contribution in [0.15, 0.2) is 54.6 Å². The second-order valence-electron chi connectivity index (χ2n) is 5.04. The topological polar surface area (TPSA) is 29.5 Å². The summed E-state index contributed by atoms with van der Waals surface area (Å²) in [7, 11) is 0. The van der Waals surface area contributed by atoms with E-state index in [1.165, 1.54) is 11.1 Å². The van der Waals surface area contributed by atoms with E-state index in [0.29, 0.717) is 0 Å². The van der Waals surface area contributed by atoms with Crippen molar-refractivity contribution in [1.82, 2.24) is 0 Å². The minimum Gasteiger partial charge on any atom is -0.488 e. The van der Waals surface area contributed by atoms with E-state index in [-0.39, 0.29) is 12.2 Å². The number of hydrogen-bond acceptors (Lipinski definition) is 2. The van der Waals surface area contributed by atoms with Crippen molar-refractivity contribution in [2.75, 3.05) is 0 Å². The van der Waals surface area contributed by atoms with Gasteiger partial charge in [0.1, 0.15) is 11.9 Å². The molecule has 1 fully saturated rings. The third-order valence-corrected chi connectivity index (χ3v) is 3.67. The van der Waals surface area contributed by atoms with Gasteiger partial charge < -0.3 is 9.84 Å². The lowest BCUT2D eigenvalue weighted by Gasteiger charge is -2.17. The average molecular weight is 254 g/mol. The molecule has 1 aliphatic carbocycles. The second-order valence-corrected chi connectivity index (χ2v) is 5.04. The molecule has 0 bridgehead atoms. The zero-order chi connectivity index (χ0) is 13.1. The van der Waals surface area contributed by atoms with Crippen LogP contribution in [0.3, 0.4) is 0 Å². The summed E-state index contributed by atoms with van der Waals surface area (Å²) in [5.41, 5.74) is 2.38. The fourth-order valence-corrected chi connectivity index (χ4v) is 2.58. The molecule has 2 heteroatoms. The van der Waals surface area contributed by atoms with Crippen LogP contribution in [0.1, 0.15) is 19.3 Å². The summed E-state index contributed by atoms with van der Waals surface area (Å²) in [5, 5.41) is 9.76. The van der Waals surface area contributed by atoms with Gasteiger partial charge in [-0.05, 0) is 42.5 Å². The Balaban J connectivity index is 1.72.